The molecule has 1 atom stereocenters. The Morgan fingerprint density at radius 3 is 2.34 bits per heavy atom. The lowest BCUT2D eigenvalue weighted by molar-refractivity contribution is -0.00698. The fraction of sp³-hybridized carbons (Fsp3) is 0.682. The largest absolute Gasteiger partial charge is 0.444 e. The normalized spacial score (nSPS) is 19.8. The van der Waals surface area contributed by atoms with Crippen LogP contribution in [0, 0.1) is 11.3 Å². The van der Waals surface area contributed by atoms with Crippen LogP contribution in [0.2, 0.25) is 0 Å². The van der Waals surface area contributed by atoms with Gasteiger partial charge in [0.15, 0.2) is 0 Å². The molecule has 1 aliphatic rings. The molecule has 1 aromatic carbocycles. The molecule has 29 heavy (non-hydrogen) atoms. The molecule has 1 amide bonds. The lowest BCUT2D eigenvalue weighted by atomic mass is 9.72. The second-order valence-corrected chi connectivity index (χ2v) is 11.1. The molecule has 0 spiro atoms. The van der Waals surface area contributed by atoms with Crippen molar-refractivity contribution in [2.75, 3.05) is 19.7 Å². The van der Waals surface area contributed by atoms with Crippen LogP contribution in [-0.2, 0) is 25.5 Å². The Kier molecular flexibility index (Phi) is 7.38. The standard InChI is InChI=1S/C22H35NO5S/c1-7-17-8-10-19(11-9-17)29(25,26)27-15-13-18-12-14-23(16-22(18,5)6)20(24)28-21(2,3)4/h8-11,18H,7,12-16H2,1-6H3. The van der Waals surface area contributed by atoms with Gasteiger partial charge in [-0.3, -0.25) is 4.18 Å². The Labute approximate surface area is 175 Å². The van der Waals surface area contributed by atoms with E-state index in [9.17, 15) is 13.2 Å². The predicted octanol–water partition coefficient (Wildman–Crippen LogP) is 4.63. The quantitative estimate of drug-likeness (QED) is 0.622. The van der Waals surface area contributed by atoms with Crippen LogP contribution in [0.5, 0.6) is 0 Å². The van der Waals surface area contributed by atoms with Crippen molar-refractivity contribution in [3.63, 3.8) is 0 Å². The lowest BCUT2D eigenvalue weighted by Gasteiger charge is -2.44. The van der Waals surface area contributed by atoms with Crippen LogP contribution in [-0.4, -0.2) is 44.7 Å². The number of hydrogen-bond donors (Lipinski definition) is 0. The zero-order valence-electron chi connectivity index (χ0n) is 18.5. The number of piperidine rings is 1. The van der Waals surface area contributed by atoms with Crippen LogP contribution >= 0.6 is 0 Å². The van der Waals surface area contributed by atoms with Crippen LogP contribution in [0.15, 0.2) is 29.2 Å². The highest BCUT2D eigenvalue weighted by Gasteiger charge is 2.38. The van der Waals surface area contributed by atoms with E-state index >= 15 is 0 Å². The van der Waals surface area contributed by atoms with Gasteiger partial charge in [-0.1, -0.05) is 32.9 Å². The van der Waals surface area contributed by atoms with Crippen LogP contribution < -0.4 is 0 Å². The molecule has 7 heteroatoms. The van der Waals surface area contributed by atoms with E-state index in [4.69, 9.17) is 8.92 Å². The number of benzene rings is 1. The molecule has 1 saturated heterocycles. The average molecular weight is 426 g/mol. The number of ether oxygens (including phenoxy) is 1. The summed E-state index contributed by atoms with van der Waals surface area (Å²) in [7, 11) is -3.75. The van der Waals surface area contributed by atoms with E-state index in [0.29, 0.717) is 19.5 Å². The maximum Gasteiger partial charge on any atom is 0.410 e. The summed E-state index contributed by atoms with van der Waals surface area (Å²) in [5.74, 6) is 0.263. The summed E-state index contributed by atoms with van der Waals surface area (Å²) in [4.78, 5) is 14.3. The first kappa shape index (κ1) is 23.7. The second kappa shape index (κ2) is 9.04. The summed E-state index contributed by atoms with van der Waals surface area (Å²) in [6.07, 6.45) is 1.99. The van der Waals surface area contributed by atoms with Crippen LogP contribution in [0.25, 0.3) is 0 Å². The van der Waals surface area contributed by atoms with Gasteiger partial charge in [-0.2, -0.15) is 8.42 Å². The number of carbonyl (C=O) groups excluding carboxylic acids is 1. The molecular weight excluding hydrogens is 390 g/mol. The Balaban J connectivity index is 1.90. The molecule has 0 N–H and O–H groups in total. The van der Waals surface area contributed by atoms with Gasteiger partial charge in [0.2, 0.25) is 0 Å². The van der Waals surface area contributed by atoms with Gasteiger partial charge in [0.05, 0.1) is 11.5 Å². The van der Waals surface area contributed by atoms with E-state index < -0.39 is 15.7 Å². The van der Waals surface area contributed by atoms with Crippen LogP contribution in [0.1, 0.15) is 59.9 Å². The Morgan fingerprint density at radius 2 is 1.83 bits per heavy atom. The Bertz CT molecular complexity index is 793. The van der Waals surface area contributed by atoms with E-state index in [1.54, 1.807) is 17.0 Å². The predicted molar refractivity (Wildman–Crippen MR) is 113 cm³/mol. The third kappa shape index (κ3) is 6.71. The fourth-order valence-corrected chi connectivity index (χ4v) is 4.60. The maximum atomic E-state index is 12.4. The van der Waals surface area contributed by atoms with Crippen molar-refractivity contribution >= 4 is 16.2 Å². The van der Waals surface area contributed by atoms with Gasteiger partial charge in [-0.05, 0) is 69.1 Å². The highest BCUT2D eigenvalue weighted by Crippen LogP contribution is 2.37. The number of rotatable bonds is 6. The molecule has 0 radical (unpaired) electrons. The highest BCUT2D eigenvalue weighted by atomic mass is 32.2. The summed E-state index contributed by atoms with van der Waals surface area (Å²) in [6.45, 7) is 13.1. The smallest absolute Gasteiger partial charge is 0.410 e. The van der Waals surface area contributed by atoms with Gasteiger partial charge in [0, 0.05) is 13.1 Å². The Morgan fingerprint density at radius 1 is 1.21 bits per heavy atom. The minimum atomic E-state index is -3.75. The third-order valence-electron chi connectivity index (χ3n) is 5.43. The zero-order chi connectivity index (χ0) is 21.9. The summed E-state index contributed by atoms with van der Waals surface area (Å²) in [5.41, 5.74) is 0.420. The van der Waals surface area contributed by atoms with Gasteiger partial charge in [-0.25, -0.2) is 4.79 Å². The molecule has 6 nitrogen and oxygen atoms in total. The first-order valence-corrected chi connectivity index (χ1v) is 11.7. The van der Waals surface area contributed by atoms with Gasteiger partial charge >= 0.3 is 6.09 Å². The van der Waals surface area contributed by atoms with Crippen molar-refractivity contribution in [3.05, 3.63) is 29.8 Å². The topological polar surface area (TPSA) is 72.9 Å². The Hall–Kier alpha value is -1.60. The van der Waals surface area contributed by atoms with Gasteiger partial charge < -0.3 is 9.64 Å². The van der Waals surface area contributed by atoms with Crippen molar-refractivity contribution < 1.29 is 22.1 Å². The SMILES string of the molecule is CCc1ccc(S(=O)(=O)OCCC2CCN(C(=O)OC(C)(C)C)CC2(C)C)cc1. The molecule has 0 bridgehead atoms. The van der Waals surface area contributed by atoms with E-state index in [2.05, 4.69) is 13.8 Å². The maximum absolute atomic E-state index is 12.4. The molecule has 1 unspecified atom stereocenters. The highest BCUT2D eigenvalue weighted by molar-refractivity contribution is 7.86. The molecular formula is C22H35NO5S. The fourth-order valence-electron chi connectivity index (χ4n) is 3.68. The number of aryl methyl sites for hydroxylation is 1. The molecule has 1 aliphatic heterocycles. The van der Waals surface area contributed by atoms with E-state index in [1.165, 1.54) is 0 Å². The molecule has 0 aromatic heterocycles. The minimum absolute atomic E-state index is 0.137. The first-order valence-electron chi connectivity index (χ1n) is 10.3. The third-order valence-corrected chi connectivity index (χ3v) is 6.75. The summed E-state index contributed by atoms with van der Waals surface area (Å²) < 4.78 is 35.6. The van der Waals surface area contributed by atoms with E-state index in [0.717, 1.165) is 18.4 Å². The minimum Gasteiger partial charge on any atom is -0.444 e. The summed E-state index contributed by atoms with van der Waals surface area (Å²) >= 11 is 0. The number of amides is 1. The number of hydrogen-bond acceptors (Lipinski definition) is 5. The van der Waals surface area contributed by atoms with Crippen molar-refractivity contribution in [2.45, 2.75) is 71.3 Å². The molecule has 0 aliphatic carbocycles. The zero-order valence-corrected chi connectivity index (χ0v) is 19.3. The molecule has 1 heterocycles. The van der Waals surface area contributed by atoms with Gasteiger partial charge in [0.1, 0.15) is 5.60 Å². The van der Waals surface area contributed by atoms with E-state index in [-0.39, 0.29) is 28.9 Å². The summed E-state index contributed by atoms with van der Waals surface area (Å²) in [6, 6.07) is 6.81. The molecule has 2 rings (SSSR count). The lowest BCUT2D eigenvalue weighted by Crippen LogP contribution is -2.49. The summed E-state index contributed by atoms with van der Waals surface area (Å²) in [5, 5.41) is 0. The van der Waals surface area contributed by atoms with E-state index in [1.807, 2.05) is 39.8 Å². The number of carbonyl (C=O) groups is 1. The molecule has 0 saturated carbocycles. The average Bonchev–Trinajstić information content (AvgIpc) is 2.61. The monoisotopic (exact) mass is 425 g/mol. The molecule has 1 aromatic rings. The van der Waals surface area contributed by atoms with Gasteiger partial charge in [-0.15, -0.1) is 0 Å². The first-order chi connectivity index (χ1) is 13.3. The van der Waals surface area contributed by atoms with Crippen molar-refractivity contribution in [1.29, 1.82) is 0 Å². The second-order valence-electron chi connectivity index (χ2n) is 9.44. The molecule has 1 fully saturated rings. The number of nitrogens with zero attached hydrogens (tertiary/aromatic N) is 1. The molecule has 164 valence electrons. The van der Waals surface area contributed by atoms with Crippen molar-refractivity contribution in [3.8, 4) is 0 Å². The van der Waals surface area contributed by atoms with Crippen LogP contribution in [0.4, 0.5) is 4.79 Å². The van der Waals surface area contributed by atoms with Crippen LogP contribution in [0.3, 0.4) is 0 Å². The van der Waals surface area contributed by atoms with Crippen molar-refractivity contribution in [2.24, 2.45) is 11.3 Å². The van der Waals surface area contributed by atoms with Gasteiger partial charge in [0.25, 0.3) is 10.1 Å². The number of likely N-dealkylation sites (tertiary alicyclic amines) is 1. The van der Waals surface area contributed by atoms with Crippen molar-refractivity contribution in [1.82, 2.24) is 4.90 Å².